The Morgan fingerprint density at radius 3 is 2.28 bits per heavy atom. The number of nitrogens with one attached hydrogen (secondary N) is 1. The maximum Gasteiger partial charge on any atom is 0.373 e. The Balaban J connectivity index is 0.000000970. The van der Waals surface area contributed by atoms with Gasteiger partial charge in [0.15, 0.2) is 0 Å². The molecule has 0 spiro atoms. The van der Waals surface area contributed by atoms with Crippen LogP contribution in [0.5, 0.6) is 5.75 Å². The highest BCUT2D eigenvalue weighted by molar-refractivity contribution is 5.73. The Labute approximate surface area is 144 Å². The van der Waals surface area contributed by atoms with Crippen LogP contribution in [0, 0.1) is 6.92 Å². The zero-order valence-corrected chi connectivity index (χ0v) is 13.8. The highest BCUT2D eigenvalue weighted by Gasteiger charge is 2.46. The quantitative estimate of drug-likeness (QED) is 0.524. The Hall–Kier alpha value is -2.29. The van der Waals surface area contributed by atoms with Crippen LogP contribution < -0.4 is 10.1 Å². The van der Waals surface area contributed by atoms with Gasteiger partial charge in [0.05, 0.1) is 6.61 Å². The standard InChI is InChI=1S/C15H21NO6.CO2/c1-8-3-5-10(6-4-8)21-15-12(16-9(2)18)14(20)13(19)11(7-17)22-15;2-1-3/h3-6,11-15,17,19-20H,7H2,1-2H3,(H,16,18);/t11-,12-,13+,14-,15-;/m1./s1. The third-order valence-corrected chi connectivity index (χ3v) is 3.52. The first kappa shape index (κ1) is 20.8. The van der Waals surface area contributed by atoms with Crippen LogP contribution in [0.3, 0.4) is 0 Å². The molecular weight excluding hydrogens is 334 g/mol. The summed E-state index contributed by atoms with van der Waals surface area (Å²) in [5.74, 6) is 0.103. The fourth-order valence-corrected chi connectivity index (χ4v) is 2.32. The van der Waals surface area contributed by atoms with Crippen molar-refractivity contribution in [2.45, 2.75) is 44.5 Å². The van der Waals surface area contributed by atoms with Gasteiger partial charge in [0.1, 0.15) is 30.1 Å². The molecule has 1 heterocycles. The molecule has 0 saturated carbocycles. The van der Waals surface area contributed by atoms with Crippen molar-refractivity contribution in [3.8, 4) is 5.75 Å². The Bertz CT molecular complexity index is 584. The summed E-state index contributed by atoms with van der Waals surface area (Å²) in [5.41, 5.74) is 1.05. The maximum atomic E-state index is 11.3. The molecule has 0 radical (unpaired) electrons. The van der Waals surface area contributed by atoms with Gasteiger partial charge in [-0.05, 0) is 19.1 Å². The first-order valence-corrected chi connectivity index (χ1v) is 7.46. The SMILES string of the molecule is CC(=O)N[C@H]1[C@H](Oc2ccc(C)cc2)O[C@H](CO)[C@H](O)[C@@H]1O.O=C=O. The van der Waals surface area contributed by atoms with E-state index in [1.807, 2.05) is 19.1 Å². The molecular formula is C16H21NO8. The average molecular weight is 355 g/mol. The summed E-state index contributed by atoms with van der Waals surface area (Å²) >= 11 is 0. The van der Waals surface area contributed by atoms with E-state index in [-0.39, 0.29) is 12.1 Å². The molecule has 1 aliphatic rings. The number of carbonyl (C=O) groups excluding carboxylic acids is 3. The summed E-state index contributed by atoms with van der Waals surface area (Å²) in [6, 6.07) is 6.21. The van der Waals surface area contributed by atoms with Crippen molar-refractivity contribution in [1.29, 1.82) is 0 Å². The van der Waals surface area contributed by atoms with Gasteiger partial charge in [0.2, 0.25) is 12.2 Å². The van der Waals surface area contributed by atoms with E-state index in [0.29, 0.717) is 5.75 Å². The zero-order valence-electron chi connectivity index (χ0n) is 13.8. The lowest BCUT2D eigenvalue weighted by Crippen LogP contribution is -2.65. The molecule has 0 aliphatic carbocycles. The van der Waals surface area contributed by atoms with Gasteiger partial charge in [0.25, 0.3) is 0 Å². The molecule has 0 aromatic heterocycles. The third-order valence-electron chi connectivity index (χ3n) is 3.52. The number of amides is 1. The normalized spacial score (nSPS) is 28.1. The molecule has 2 rings (SSSR count). The molecule has 138 valence electrons. The lowest BCUT2D eigenvalue weighted by Gasteiger charge is -2.42. The molecule has 1 saturated heterocycles. The third kappa shape index (κ3) is 5.93. The van der Waals surface area contributed by atoms with Gasteiger partial charge < -0.3 is 30.1 Å². The number of aryl methyl sites for hydroxylation is 1. The van der Waals surface area contributed by atoms with Gasteiger partial charge in [-0.15, -0.1) is 0 Å². The molecule has 25 heavy (non-hydrogen) atoms. The van der Waals surface area contributed by atoms with E-state index in [2.05, 4.69) is 5.32 Å². The summed E-state index contributed by atoms with van der Waals surface area (Å²) in [6.45, 7) is 2.75. The van der Waals surface area contributed by atoms with Gasteiger partial charge in [-0.1, -0.05) is 17.7 Å². The number of carbonyl (C=O) groups is 1. The Morgan fingerprint density at radius 2 is 1.80 bits per heavy atom. The van der Waals surface area contributed by atoms with E-state index in [9.17, 15) is 20.1 Å². The summed E-state index contributed by atoms with van der Waals surface area (Å²) in [6.07, 6.45) is -4.40. The summed E-state index contributed by atoms with van der Waals surface area (Å²) in [7, 11) is 0. The lowest BCUT2D eigenvalue weighted by molar-refractivity contribution is -0.244. The van der Waals surface area contributed by atoms with Crippen LogP contribution in [0.1, 0.15) is 12.5 Å². The van der Waals surface area contributed by atoms with Crippen LogP contribution in [-0.2, 0) is 19.1 Å². The van der Waals surface area contributed by atoms with Crippen molar-refractivity contribution in [1.82, 2.24) is 5.32 Å². The minimum atomic E-state index is -1.32. The molecule has 1 fully saturated rings. The van der Waals surface area contributed by atoms with E-state index in [0.717, 1.165) is 5.56 Å². The van der Waals surface area contributed by atoms with Crippen molar-refractivity contribution in [3.63, 3.8) is 0 Å². The smallest absolute Gasteiger partial charge is 0.373 e. The van der Waals surface area contributed by atoms with Crippen molar-refractivity contribution in [2.24, 2.45) is 0 Å². The van der Waals surface area contributed by atoms with E-state index in [1.165, 1.54) is 6.92 Å². The van der Waals surface area contributed by atoms with Crippen LogP contribution >= 0.6 is 0 Å². The molecule has 1 aromatic carbocycles. The minimum absolute atomic E-state index is 0.250. The highest BCUT2D eigenvalue weighted by Crippen LogP contribution is 2.24. The molecule has 5 atom stereocenters. The monoisotopic (exact) mass is 355 g/mol. The Morgan fingerprint density at radius 1 is 1.24 bits per heavy atom. The number of hydrogen-bond acceptors (Lipinski definition) is 8. The van der Waals surface area contributed by atoms with Gasteiger partial charge in [-0.25, -0.2) is 0 Å². The van der Waals surface area contributed by atoms with Crippen molar-refractivity contribution < 1.29 is 39.2 Å². The topological polar surface area (TPSA) is 142 Å². The second-order valence-corrected chi connectivity index (χ2v) is 5.45. The molecule has 1 aliphatic heterocycles. The second-order valence-electron chi connectivity index (χ2n) is 5.45. The Kier molecular flexibility index (Phi) is 8.20. The van der Waals surface area contributed by atoms with Crippen LogP contribution in [0.2, 0.25) is 0 Å². The van der Waals surface area contributed by atoms with Crippen LogP contribution in [0.4, 0.5) is 0 Å². The summed E-state index contributed by atoms with van der Waals surface area (Å²) < 4.78 is 11.1. The maximum absolute atomic E-state index is 11.3. The van der Waals surface area contributed by atoms with Gasteiger partial charge >= 0.3 is 6.15 Å². The van der Waals surface area contributed by atoms with Gasteiger partial charge in [-0.3, -0.25) is 4.79 Å². The number of hydrogen-bond donors (Lipinski definition) is 4. The zero-order chi connectivity index (χ0) is 19.0. The first-order valence-electron chi connectivity index (χ1n) is 7.46. The molecule has 9 nitrogen and oxygen atoms in total. The second kappa shape index (κ2) is 9.87. The van der Waals surface area contributed by atoms with Gasteiger partial charge in [-0.2, -0.15) is 9.59 Å². The minimum Gasteiger partial charge on any atom is -0.463 e. The number of aliphatic hydroxyl groups is 3. The van der Waals surface area contributed by atoms with E-state index in [1.54, 1.807) is 12.1 Å². The van der Waals surface area contributed by atoms with Crippen molar-refractivity contribution >= 4 is 12.1 Å². The predicted octanol–water partition coefficient (Wildman–Crippen LogP) is -1.27. The average Bonchev–Trinajstić information content (AvgIpc) is 2.56. The number of aliphatic hydroxyl groups excluding tert-OH is 3. The van der Waals surface area contributed by atoms with E-state index < -0.39 is 37.3 Å². The number of rotatable bonds is 4. The predicted molar refractivity (Wildman–Crippen MR) is 82.2 cm³/mol. The van der Waals surface area contributed by atoms with Crippen LogP contribution in [0.25, 0.3) is 0 Å². The first-order chi connectivity index (χ1) is 11.8. The molecule has 0 bridgehead atoms. The fraction of sp³-hybridized carbons (Fsp3) is 0.500. The fourth-order valence-electron chi connectivity index (χ4n) is 2.32. The number of benzene rings is 1. The molecule has 9 heteroatoms. The molecule has 1 amide bonds. The van der Waals surface area contributed by atoms with Gasteiger partial charge in [0, 0.05) is 6.92 Å². The molecule has 1 aromatic rings. The highest BCUT2D eigenvalue weighted by atomic mass is 16.7. The molecule has 4 N–H and O–H groups in total. The number of ether oxygens (including phenoxy) is 2. The van der Waals surface area contributed by atoms with Crippen molar-refractivity contribution in [3.05, 3.63) is 29.8 Å². The van der Waals surface area contributed by atoms with Crippen LogP contribution in [0.15, 0.2) is 24.3 Å². The molecule has 0 unspecified atom stereocenters. The van der Waals surface area contributed by atoms with Crippen molar-refractivity contribution in [2.75, 3.05) is 6.61 Å². The summed E-state index contributed by atoms with van der Waals surface area (Å²) in [5, 5.41) is 31.8. The summed E-state index contributed by atoms with van der Waals surface area (Å²) in [4.78, 5) is 27.5. The van der Waals surface area contributed by atoms with E-state index >= 15 is 0 Å². The van der Waals surface area contributed by atoms with Crippen LogP contribution in [-0.4, -0.2) is 64.6 Å². The lowest BCUT2D eigenvalue weighted by atomic mass is 9.97. The van der Waals surface area contributed by atoms with E-state index in [4.69, 9.17) is 19.1 Å². The largest absolute Gasteiger partial charge is 0.463 e.